The Kier molecular flexibility index (Phi) is 4.42. The van der Waals surface area contributed by atoms with Crippen LogP contribution in [0.1, 0.15) is 16.8 Å². The molecule has 0 radical (unpaired) electrons. The van der Waals surface area contributed by atoms with E-state index in [1.54, 1.807) is 17.6 Å². The fourth-order valence-corrected chi connectivity index (χ4v) is 3.80. The van der Waals surface area contributed by atoms with Crippen molar-refractivity contribution in [3.05, 3.63) is 58.8 Å². The van der Waals surface area contributed by atoms with Crippen LogP contribution >= 0.6 is 23.1 Å². The van der Waals surface area contributed by atoms with E-state index in [0.717, 1.165) is 16.1 Å². The summed E-state index contributed by atoms with van der Waals surface area (Å²) in [4.78, 5) is 5.51. The minimum Gasteiger partial charge on any atom is -0.444 e. The molecule has 0 aliphatic rings. The van der Waals surface area contributed by atoms with Gasteiger partial charge < -0.3 is 8.83 Å². The number of aromatic nitrogens is 3. The largest absolute Gasteiger partial charge is 0.444 e. The van der Waals surface area contributed by atoms with E-state index in [-0.39, 0.29) is 0 Å². The Balaban J connectivity index is 1.45. The van der Waals surface area contributed by atoms with Crippen LogP contribution in [0.5, 0.6) is 0 Å². The van der Waals surface area contributed by atoms with Gasteiger partial charge in [0.25, 0.3) is 5.22 Å². The molecule has 3 heterocycles. The van der Waals surface area contributed by atoms with E-state index in [9.17, 15) is 0 Å². The Morgan fingerprint density at radius 3 is 2.68 bits per heavy atom. The lowest BCUT2D eigenvalue weighted by Gasteiger charge is -1.99. The Labute approximate surface area is 153 Å². The third kappa shape index (κ3) is 3.67. The second-order valence-corrected chi connectivity index (χ2v) is 7.53. The number of benzene rings is 1. The molecule has 0 amide bonds. The third-order valence-electron chi connectivity index (χ3n) is 3.50. The van der Waals surface area contributed by atoms with Gasteiger partial charge in [-0.15, -0.1) is 21.5 Å². The zero-order valence-electron chi connectivity index (χ0n) is 13.7. The van der Waals surface area contributed by atoms with Crippen molar-refractivity contribution in [1.82, 2.24) is 15.2 Å². The van der Waals surface area contributed by atoms with Gasteiger partial charge in [0.15, 0.2) is 0 Å². The molecule has 3 aromatic heterocycles. The van der Waals surface area contributed by atoms with Crippen molar-refractivity contribution in [2.24, 2.45) is 0 Å². The summed E-state index contributed by atoms with van der Waals surface area (Å²) in [6.07, 6.45) is 1.67. The number of thiophene rings is 1. The lowest BCUT2D eigenvalue weighted by atomic mass is 10.1. The minimum absolute atomic E-state index is 0.523. The summed E-state index contributed by atoms with van der Waals surface area (Å²) < 4.78 is 11.3. The van der Waals surface area contributed by atoms with E-state index in [2.05, 4.69) is 35.1 Å². The molecular weight excluding hydrogens is 354 g/mol. The van der Waals surface area contributed by atoms with Crippen LogP contribution in [0.15, 0.2) is 56.0 Å². The average molecular weight is 369 g/mol. The number of oxazole rings is 1. The van der Waals surface area contributed by atoms with Crippen LogP contribution < -0.4 is 0 Å². The van der Waals surface area contributed by atoms with Crippen LogP contribution in [0.2, 0.25) is 0 Å². The van der Waals surface area contributed by atoms with Gasteiger partial charge in [0.2, 0.25) is 11.8 Å². The minimum atomic E-state index is 0.523. The summed E-state index contributed by atoms with van der Waals surface area (Å²) in [5.41, 5.74) is 4.13. The fraction of sp³-hybridized carbons (Fsp3) is 0.167. The van der Waals surface area contributed by atoms with Gasteiger partial charge in [0.05, 0.1) is 10.6 Å². The molecule has 0 aliphatic carbocycles. The molecule has 5 nitrogen and oxygen atoms in total. The normalized spacial score (nSPS) is 11.1. The van der Waals surface area contributed by atoms with Gasteiger partial charge in [-0.3, -0.25) is 0 Å². The first kappa shape index (κ1) is 16.1. The predicted molar refractivity (Wildman–Crippen MR) is 98.6 cm³/mol. The zero-order chi connectivity index (χ0) is 17.2. The van der Waals surface area contributed by atoms with Gasteiger partial charge in [0, 0.05) is 11.3 Å². The molecule has 0 saturated heterocycles. The van der Waals surface area contributed by atoms with Crippen molar-refractivity contribution in [3.8, 4) is 22.2 Å². The summed E-state index contributed by atoms with van der Waals surface area (Å²) >= 11 is 3.05. The Morgan fingerprint density at radius 1 is 1.08 bits per heavy atom. The quantitative estimate of drug-likeness (QED) is 0.441. The van der Waals surface area contributed by atoms with Crippen LogP contribution in [-0.4, -0.2) is 15.2 Å². The molecule has 1 aromatic carbocycles. The first-order valence-corrected chi connectivity index (χ1v) is 9.57. The summed E-state index contributed by atoms with van der Waals surface area (Å²) in [5, 5.41) is 10.8. The van der Waals surface area contributed by atoms with E-state index >= 15 is 0 Å². The number of hydrogen-bond donors (Lipinski definition) is 0. The van der Waals surface area contributed by atoms with Crippen LogP contribution in [0, 0.1) is 13.8 Å². The highest BCUT2D eigenvalue weighted by Crippen LogP contribution is 2.28. The Bertz CT molecular complexity index is 969. The molecule has 0 N–H and O–H groups in total. The summed E-state index contributed by atoms with van der Waals surface area (Å²) in [5.74, 6) is 1.80. The molecule has 0 atom stereocenters. The first-order chi connectivity index (χ1) is 12.2. The molecule has 7 heteroatoms. The Morgan fingerprint density at radius 2 is 1.92 bits per heavy atom. The van der Waals surface area contributed by atoms with Crippen molar-refractivity contribution < 1.29 is 8.83 Å². The molecule has 0 aliphatic heterocycles. The maximum Gasteiger partial charge on any atom is 0.277 e. The molecular formula is C18H15N3O2S2. The van der Waals surface area contributed by atoms with Gasteiger partial charge in [0.1, 0.15) is 6.26 Å². The summed E-state index contributed by atoms with van der Waals surface area (Å²) in [6.45, 7) is 4.11. The van der Waals surface area contributed by atoms with Crippen molar-refractivity contribution >= 4 is 23.1 Å². The monoisotopic (exact) mass is 369 g/mol. The van der Waals surface area contributed by atoms with Gasteiger partial charge in [-0.25, -0.2) is 4.98 Å². The molecule has 4 rings (SSSR count). The van der Waals surface area contributed by atoms with E-state index in [4.69, 9.17) is 8.83 Å². The lowest BCUT2D eigenvalue weighted by Crippen LogP contribution is -1.82. The third-order valence-corrected chi connectivity index (χ3v) is 5.21. The zero-order valence-corrected chi connectivity index (χ0v) is 15.4. The molecule has 25 heavy (non-hydrogen) atoms. The van der Waals surface area contributed by atoms with E-state index in [1.165, 1.54) is 22.9 Å². The summed E-state index contributed by atoms with van der Waals surface area (Å²) in [6, 6.07) is 10.2. The Hall–Kier alpha value is -2.38. The van der Waals surface area contributed by atoms with Crippen LogP contribution in [-0.2, 0) is 5.75 Å². The van der Waals surface area contributed by atoms with Crippen molar-refractivity contribution in [1.29, 1.82) is 0 Å². The number of rotatable bonds is 5. The van der Waals surface area contributed by atoms with Crippen LogP contribution in [0.3, 0.4) is 0 Å². The van der Waals surface area contributed by atoms with Crippen LogP contribution in [0.25, 0.3) is 22.2 Å². The lowest BCUT2D eigenvalue weighted by molar-refractivity contribution is 0.465. The molecule has 4 aromatic rings. The standard InChI is InChI=1S/C18H15N3O2S2/c1-11-6-12(2)8-13(7-11)16-20-21-18(23-16)25-10-14-9-22-17(19-14)15-4-3-5-24-15/h3-9H,10H2,1-2H3. The van der Waals surface area contributed by atoms with Gasteiger partial charge >= 0.3 is 0 Å². The van der Waals surface area contributed by atoms with E-state index in [0.29, 0.717) is 22.8 Å². The van der Waals surface area contributed by atoms with E-state index < -0.39 is 0 Å². The molecule has 0 unspecified atom stereocenters. The molecule has 0 saturated carbocycles. The van der Waals surface area contributed by atoms with Crippen molar-refractivity contribution in [2.45, 2.75) is 24.8 Å². The fourth-order valence-electron chi connectivity index (χ4n) is 2.51. The predicted octanol–water partition coefficient (Wildman–Crippen LogP) is 5.36. The van der Waals surface area contributed by atoms with E-state index in [1.807, 2.05) is 29.6 Å². The topological polar surface area (TPSA) is 65.0 Å². The smallest absolute Gasteiger partial charge is 0.277 e. The molecule has 126 valence electrons. The number of aryl methyl sites for hydroxylation is 2. The molecule has 0 bridgehead atoms. The van der Waals surface area contributed by atoms with Gasteiger partial charge in [-0.05, 0) is 37.4 Å². The summed E-state index contributed by atoms with van der Waals surface area (Å²) in [7, 11) is 0. The highest BCUT2D eigenvalue weighted by Gasteiger charge is 2.12. The number of nitrogens with zero attached hydrogens (tertiary/aromatic N) is 3. The van der Waals surface area contributed by atoms with Crippen molar-refractivity contribution in [3.63, 3.8) is 0 Å². The highest BCUT2D eigenvalue weighted by molar-refractivity contribution is 7.98. The molecule has 0 spiro atoms. The maximum absolute atomic E-state index is 5.76. The number of thioether (sulfide) groups is 1. The first-order valence-electron chi connectivity index (χ1n) is 7.70. The maximum atomic E-state index is 5.76. The average Bonchev–Trinajstić information content (AvgIpc) is 3.32. The van der Waals surface area contributed by atoms with Gasteiger partial charge in [-0.2, -0.15) is 0 Å². The highest BCUT2D eigenvalue weighted by atomic mass is 32.2. The van der Waals surface area contributed by atoms with Gasteiger partial charge in [-0.1, -0.05) is 35.0 Å². The molecule has 0 fully saturated rings. The SMILES string of the molecule is Cc1cc(C)cc(-c2nnc(SCc3coc(-c4cccs4)n3)o2)c1. The number of hydrogen-bond acceptors (Lipinski definition) is 7. The van der Waals surface area contributed by atoms with Crippen LogP contribution in [0.4, 0.5) is 0 Å². The van der Waals surface area contributed by atoms with Crippen molar-refractivity contribution in [2.75, 3.05) is 0 Å². The second kappa shape index (κ2) is 6.85. The second-order valence-electron chi connectivity index (χ2n) is 5.66.